The molecule has 0 spiro atoms. The summed E-state index contributed by atoms with van der Waals surface area (Å²) in [5.74, 6) is -0.796. The van der Waals surface area contributed by atoms with E-state index in [1.54, 1.807) is 42.5 Å². The third-order valence-corrected chi connectivity index (χ3v) is 6.23. The molecule has 0 N–H and O–H groups in total. The minimum atomic E-state index is -0.422. The molecule has 1 aliphatic rings. The first kappa shape index (κ1) is 19.4. The van der Waals surface area contributed by atoms with Gasteiger partial charge in [-0.25, -0.2) is 14.2 Å². The van der Waals surface area contributed by atoms with Crippen molar-refractivity contribution in [3.8, 4) is 0 Å². The van der Waals surface area contributed by atoms with Gasteiger partial charge in [-0.1, -0.05) is 53.8 Å². The lowest BCUT2D eigenvalue weighted by molar-refractivity contribution is 0.0234. The van der Waals surface area contributed by atoms with Crippen LogP contribution in [0.4, 0.5) is 9.52 Å². The molecule has 1 aromatic heterocycles. The number of benzene rings is 3. The molecule has 0 atom stereocenters. The van der Waals surface area contributed by atoms with Gasteiger partial charge in [0, 0.05) is 11.1 Å². The number of esters is 1. The number of halogens is 1. The monoisotopic (exact) mass is 432 g/mol. The maximum absolute atomic E-state index is 13.4. The van der Waals surface area contributed by atoms with Gasteiger partial charge >= 0.3 is 5.97 Å². The first-order valence-electron chi connectivity index (χ1n) is 9.79. The summed E-state index contributed by atoms with van der Waals surface area (Å²) in [4.78, 5) is 31.4. The average molecular weight is 432 g/mol. The Bertz CT molecular complexity index is 1270. The van der Waals surface area contributed by atoms with Gasteiger partial charge in [0.2, 0.25) is 0 Å². The predicted octanol–water partition coefficient (Wildman–Crippen LogP) is 4.71. The fourth-order valence-corrected chi connectivity index (χ4v) is 4.43. The van der Waals surface area contributed by atoms with Crippen molar-refractivity contribution in [1.82, 2.24) is 4.98 Å². The molecule has 0 saturated carbocycles. The van der Waals surface area contributed by atoms with Crippen LogP contribution in [0.15, 0.2) is 72.8 Å². The Balaban J connectivity index is 1.19. The number of ether oxygens (including phenoxy) is 1. The van der Waals surface area contributed by atoms with Crippen molar-refractivity contribution >= 4 is 38.4 Å². The topological polar surface area (TPSA) is 59.5 Å². The smallest absolute Gasteiger partial charge is 0.338 e. The molecule has 7 heteroatoms. The number of carbonyl (C=O) groups is 2. The molecule has 4 aromatic rings. The molecule has 5 nitrogen and oxygen atoms in total. The predicted molar refractivity (Wildman–Crippen MR) is 117 cm³/mol. The molecule has 1 saturated heterocycles. The summed E-state index contributed by atoms with van der Waals surface area (Å²) in [6, 6.07) is 20.0. The lowest BCUT2D eigenvalue weighted by Crippen LogP contribution is -2.53. The summed E-state index contributed by atoms with van der Waals surface area (Å²) in [5.41, 5.74) is 2.28. The summed E-state index contributed by atoms with van der Waals surface area (Å²) in [6.45, 7) is 1.08. The van der Waals surface area contributed by atoms with Crippen LogP contribution in [-0.4, -0.2) is 35.9 Å². The second kappa shape index (κ2) is 7.92. The van der Waals surface area contributed by atoms with Gasteiger partial charge in [0.1, 0.15) is 11.9 Å². The fourth-order valence-electron chi connectivity index (χ4n) is 3.42. The van der Waals surface area contributed by atoms with Crippen LogP contribution in [0.3, 0.4) is 0 Å². The molecule has 3 aromatic carbocycles. The number of carbonyl (C=O) groups excluding carboxylic acids is 2. The third kappa shape index (κ3) is 3.92. The van der Waals surface area contributed by atoms with Crippen molar-refractivity contribution in [3.05, 3.63) is 95.3 Å². The molecular formula is C24H17FN2O3S. The third-order valence-electron chi connectivity index (χ3n) is 5.15. The molecule has 2 heterocycles. The highest BCUT2D eigenvalue weighted by atomic mass is 32.1. The van der Waals surface area contributed by atoms with Gasteiger partial charge in [-0.15, -0.1) is 0 Å². The molecule has 0 bridgehead atoms. The lowest BCUT2D eigenvalue weighted by atomic mass is 10.0. The first-order chi connectivity index (χ1) is 15.1. The van der Waals surface area contributed by atoms with Crippen LogP contribution in [0.5, 0.6) is 0 Å². The highest BCUT2D eigenvalue weighted by molar-refractivity contribution is 7.22. The minimum Gasteiger partial charge on any atom is -0.455 e. The van der Waals surface area contributed by atoms with Gasteiger partial charge in [-0.05, 0) is 30.3 Å². The molecule has 154 valence electrons. The van der Waals surface area contributed by atoms with Crippen LogP contribution < -0.4 is 4.90 Å². The van der Waals surface area contributed by atoms with E-state index in [4.69, 9.17) is 4.74 Å². The number of rotatable bonds is 5. The standard InChI is InChI=1S/C24H17FN2O3S/c25-18-10-11-20-21(12-18)31-24(26-20)27-13-19(14-27)30-23(29)17-8-6-16(7-9-17)22(28)15-4-2-1-3-5-15/h1-12,19H,13-14H2. The SMILES string of the molecule is O=C(OC1CN(c2nc3ccc(F)cc3s2)C1)c1ccc(C(=O)c2ccccc2)cc1. The summed E-state index contributed by atoms with van der Waals surface area (Å²) in [6.07, 6.45) is -0.234. The van der Waals surface area contributed by atoms with Crippen LogP contribution in [0, 0.1) is 5.82 Å². The van der Waals surface area contributed by atoms with E-state index in [2.05, 4.69) is 4.98 Å². The van der Waals surface area contributed by atoms with Crippen molar-refractivity contribution in [2.24, 2.45) is 0 Å². The number of hydrogen-bond donors (Lipinski definition) is 0. The van der Waals surface area contributed by atoms with Gasteiger partial charge in [0.05, 0.1) is 28.9 Å². The summed E-state index contributed by atoms with van der Waals surface area (Å²) < 4.78 is 19.7. The van der Waals surface area contributed by atoms with E-state index in [-0.39, 0.29) is 17.7 Å². The average Bonchev–Trinajstić information content (AvgIpc) is 3.18. The Labute approximate surface area is 181 Å². The van der Waals surface area contributed by atoms with Crippen LogP contribution >= 0.6 is 11.3 Å². The Hall–Kier alpha value is -3.58. The van der Waals surface area contributed by atoms with Gasteiger partial charge in [-0.3, -0.25) is 4.79 Å². The Kier molecular flexibility index (Phi) is 4.95. The Morgan fingerprint density at radius 1 is 0.935 bits per heavy atom. The lowest BCUT2D eigenvalue weighted by Gasteiger charge is -2.38. The molecule has 1 fully saturated rings. The maximum atomic E-state index is 13.4. The number of fused-ring (bicyclic) bond motifs is 1. The van der Waals surface area contributed by atoms with E-state index in [0.717, 1.165) is 15.3 Å². The summed E-state index contributed by atoms with van der Waals surface area (Å²) in [7, 11) is 0. The van der Waals surface area contributed by atoms with Crippen molar-refractivity contribution in [3.63, 3.8) is 0 Å². The maximum Gasteiger partial charge on any atom is 0.338 e. The highest BCUT2D eigenvalue weighted by Gasteiger charge is 2.32. The van der Waals surface area contributed by atoms with E-state index >= 15 is 0 Å². The van der Waals surface area contributed by atoms with Crippen molar-refractivity contribution < 1.29 is 18.7 Å². The minimum absolute atomic E-state index is 0.0918. The van der Waals surface area contributed by atoms with Gasteiger partial charge < -0.3 is 9.64 Å². The molecular weight excluding hydrogens is 415 g/mol. The van der Waals surface area contributed by atoms with Gasteiger partial charge in [0.25, 0.3) is 0 Å². The quantitative estimate of drug-likeness (QED) is 0.338. The van der Waals surface area contributed by atoms with E-state index < -0.39 is 5.97 Å². The second-order valence-electron chi connectivity index (χ2n) is 7.31. The normalized spacial score (nSPS) is 13.8. The van der Waals surface area contributed by atoms with Gasteiger partial charge in [0.15, 0.2) is 10.9 Å². The van der Waals surface area contributed by atoms with Crippen LogP contribution in [0.25, 0.3) is 10.2 Å². The molecule has 0 radical (unpaired) electrons. The zero-order valence-electron chi connectivity index (χ0n) is 16.3. The molecule has 1 aliphatic heterocycles. The zero-order valence-corrected chi connectivity index (χ0v) is 17.1. The van der Waals surface area contributed by atoms with E-state index in [9.17, 15) is 14.0 Å². The number of thiazole rings is 1. The Morgan fingerprint density at radius 2 is 1.61 bits per heavy atom. The van der Waals surface area contributed by atoms with Crippen molar-refractivity contribution in [2.45, 2.75) is 6.10 Å². The summed E-state index contributed by atoms with van der Waals surface area (Å²) in [5, 5.41) is 0.789. The number of nitrogens with zero attached hydrogens (tertiary/aromatic N) is 2. The van der Waals surface area contributed by atoms with Crippen molar-refractivity contribution in [2.75, 3.05) is 18.0 Å². The number of hydrogen-bond acceptors (Lipinski definition) is 6. The molecule has 0 unspecified atom stereocenters. The first-order valence-corrected chi connectivity index (χ1v) is 10.6. The van der Waals surface area contributed by atoms with Crippen LogP contribution in [0.1, 0.15) is 26.3 Å². The van der Waals surface area contributed by atoms with Gasteiger partial charge in [-0.2, -0.15) is 0 Å². The van der Waals surface area contributed by atoms with Crippen LogP contribution in [-0.2, 0) is 4.74 Å². The number of aromatic nitrogens is 1. The molecule has 31 heavy (non-hydrogen) atoms. The summed E-state index contributed by atoms with van der Waals surface area (Å²) >= 11 is 1.42. The fraction of sp³-hybridized carbons (Fsp3) is 0.125. The highest BCUT2D eigenvalue weighted by Crippen LogP contribution is 2.32. The number of ketones is 1. The Morgan fingerprint density at radius 3 is 2.35 bits per heavy atom. The molecule has 0 amide bonds. The van der Waals surface area contributed by atoms with Crippen LogP contribution in [0.2, 0.25) is 0 Å². The van der Waals surface area contributed by atoms with E-state index in [1.165, 1.54) is 23.5 Å². The largest absolute Gasteiger partial charge is 0.455 e. The number of anilines is 1. The molecule has 5 rings (SSSR count). The molecule has 0 aliphatic carbocycles. The zero-order chi connectivity index (χ0) is 21.4. The second-order valence-corrected chi connectivity index (χ2v) is 8.32. The van der Waals surface area contributed by atoms with E-state index in [0.29, 0.717) is 29.8 Å². The van der Waals surface area contributed by atoms with E-state index in [1.807, 2.05) is 23.1 Å². The van der Waals surface area contributed by atoms with Crippen molar-refractivity contribution in [1.29, 1.82) is 0 Å².